The van der Waals surface area contributed by atoms with Crippen molar-refractivity contribution >= 4 is 5.97 Å². The maximum atomic E-state index is 12.6. The Morgan fingerprint density at radius 2 is 1.22 bits per heavy atom. The Balaban J connectivity index is 1.49. The molecule has 0 aliphatic heterocycles. The fraction of sp³-hybridized carbons (Fsp3) is 0.269. The molecule has 0 bridgehead atoms. The molecule has 0 amide bonds. The van der Waals surface area contributed by atoms with Gasteiger partial charge in [0, 0.05) is 6.42 Å². The van der Waals surface area contributed by atoms with E-state index in [1.165, 1.54) is 12.1 Å². The second-order valence-electron chi connectivity index (χ2n) is 7.49. The Hall–Kier alpha value is -3.28. The summed E-state index contributed by atoms with van der Waals surface area (Å²) in [5.41, 5.74) is 1.53. The summed E-state index contributed by atoms with van der Waals surface area (Å²) in [7, 11) is 0. The van der Waals surface area contributed by atoms with Crippen LogP contribution in [0, 0.1) is 0 Å². The highest BCUT2D eigenvalue weighted by atomic mass is 19.4. The highest BCUT2D eigenvalue weighted by Crippen LogP contribution is 2.31. The van der Waals surface area contributed by atoms with E-state index >= 15 is 0 Å². The van der Waals surface area contributed by atoms with Crippen LogP contribution in [0.15, 0.2) is 72.8 Å². The quantitative estimate of drug-likeness (QED) is 0.256. The first-order valence-electron chi connectivity index (χ1n) is 10.6. The predicted molar refractivity (Wildman–Crippen MR) is 117 cm³/mol. The lowest BCUT2D eigenvalue weighted by Gasteiger charge is -2.10. The maximum absolute atomic E-state index is 12.6. The van der Waals surface area contributed by atoms with Crippen LogP contribution in [0.3, 0.4) is 0 Å². The lowest BCUT2D eigenvalue weighted by molar-refractivity contribution is -0.137. The van der Waals surface area contributed by atoms with Crippen LogP contribution in [0.25, 0.3) is 0 Å². The summed E-state index contributed by atoms with van der Waals surface area (Å²) in [6, 6.07) is 19.6. The van der Waals surface area contributed by atoms with Gasteiger partial charge in [0.15, 0.2) is 0 Å². The number of rotatable bonds is 9. The van der Waals surface area contributed by atoms with Gasteiger partial charge in [0.05, 0.1) is 5.56 Å². The molecule has 0 fully saturated rings. The SMILES string of the molecule is CCCCC(=O)Oc1ccc(CCc2ccc(Oc3ccc(C(F)(F)F)cc3)cc2)cc1. The Bertz CT molecular complexity index is 992. The van der Waals surface area contributed by atoms with Gasteiger partial charge in [0.25, 0.3) is 0 Å². The average molecular weight is 442 g/mol. The highest BCUT2D eigenvalue weighted by molar-refractivity contribution is 5.72. The standard InChI is InChI=1S/C26H25F3O3/c1-2-3-4-25(30)32-24-15-9-20(10-16-24)6-5-19-7-13-22(14-8-19)31-23-17-11-21(12-18-23)26(27,28)29/h7-18H,2-6H2,1H3. The van der Waals surface area contributed by atoms with Crippen molar-refractivity contribution in [1.29, 1.82) is 0 Å². The fourth-order valence-electron chi connectivity index (χ4n) is 3.09. The van der Waals surface area contributed by atoms with E-state index in [2.05, 4.69) is 0 Å². The number of aryl methyl sites for hydroxylation is 2. The lowest BCUT2D eigenvalue weighted by atomic mass is 10.0. The van der Waals surface area contributed by atoms with Crippen LogP contribution in [-0.2, 0) is 23.8 Å². The molecule has 0 spiro atoms. The topological polar surface area (TPSA) is 35.5 Å². The first-order chi connectivity index (χ1) is 15.3. The minimum atomic E-state index is -4.36. The molecule has 0 aromatic heterocycles. The molecule has 0 saturated heterocycles. The van der Waals surface area contributed by atoms with Gasteiger partial charge >= 0.3 is 12.1 Å². The number of halogens is 3. The van der Waals surface area contributed by atoms with Gasteiger partial charge in [-0.05, 0) is 78.9 Å². The minimum Gasteiger partial charge on any atom is -0.457 e. The van der Waals surface area contributed by atoms with Crippen molar-refractivity contribution in [3.8, 4) is 17.2 Å². The molecule has 0 aliphatic rings. The Labute approximate surface area is 185 Å². The van der Waals surface area contributed by atoms with Crippen molar-refractivity contribution < 1.29 is 27.4 Å². The summed E-state index contributed by atoms with van der Waals surface area (Å²) in [6.45, 7) is 2.03. The number of hydrogen-bond donors (Lipinski definition) is 0. The normalized spacial score (nSPS) is 11.2. The molecule has 3 aromatic rings. The Morgan fingerprint density at radius 1 is 0.750 bits per heavy atom. The third-order valence-electron chi connectivity index (χ3n) is 4.93. The van der Waals surface area contributed by atoms with Gasteiger partial charge in [-0.1, -0.05) is 37.6 Å². The van der Waals surface area contributed by atoms with Gasteiger partial charge in [-0.25, -0.2) is 0 Å². The van der Waals surface area contributed by atoms with Crippen molar-refractivity contribution in [3.63, 3.8) is 0 Å². The largest absolute Gasteiger partial charge is 0.457 e. The average Bonchev–Trinajstić information content (AvgIpc) is 2.78. The van der Waals surface area contributed by atoms with E-state index in [9.17, 15) is 18.0 Å². The maximum Gasteiger partial charge on any atom is 0.416 e. The molecule has 3 rings (SSSR count). The zero-order valence-corrected chi connectivity index (χ0v) is 17.8. The summed E-state index contributed by atoms with van der Waals surface area (Å²) < 4.78 is 48.8. The van der Waals surface area contributed by atoms with Crippen LogP contribution in [0.2, 0.25) is 0 Å². The van der Waals surface area contributed by atoms with Crippen LogP contribution in [0.5, 0.6) is 17.2 Å². The van der Waals surface area contributed by atoms with E-state index in [1.54, 1.807) is 24.3 Å². The number of esters is 1. The van der Waals surface area contributed by atoms with Gasteiger partial charge in [-0.2, -0.15) is 13.2 Å². The second kappa shape index (κ2) is 10.8. The summed E-state index contributed by atoms with van der Waals surface area (Å²) in [4.78, 5) is 11.7. The van der Waals surface area contributed by atoms with E-state index in [-0.39, 0.29) is 5.97 Å². The van der Waals surface area contributed by atoms with Crippen molar-refractivity contribution in [3.05, 3.63) is 89.5 Å². The van der Waals surface area contributed by atoms with Crippen LogP contribution in [-0.4, -0.2) is 5.97 Å². The van der Waals surface area contributed by atoms with Crippen LogP contribution < -0.4 is 9.47 Å². The zero-order chi connectivity index (χ0) is 23.0. The molecular formula is C26H25F3O3. The molecule has 0 aliphatic carbocycles. The summed E-state index contributed by atoms with van der Waals surface area (Å²) in [5.74, 6) is 1.25. The molecule has 0 heterocycles. The van der Waals surface area contributed by atoms with Crippen molar-refractivity contribution in [2.45, 2.75) is 45.2 Å². The van der Waals surface area contributed by atoms with E-state index in [1.807, 2.05) is 31.2 Å². The molecule has 0 N–H and O–H groups in total. The number of carbonyl (C=O) groups excluding carboxylic acids is 1. The van der Waals surface area contributed by atoms with E-state index in [4.69, 9.17) is 9.47 Å². The summed E-state index contributed by atoms with van der Waals surface area (Å²) in [5, 5.41) is 0. The summed E-state index contributed by atoms with van der Waals surface area (Å²) in [6.07, 6.45) is -0.517. The van der Waals surface area contributed by atoms with Gasteiger partial charge < -0.3 is 9.47 Å². The molecule has 0 atom stereocenters. The van der Waals surface area contributed by atoms with E-state index in [0.717, 1.165) is 48.9 Å². The molecule has 0 radical (unpaired) electrons. The van der Waals surface area contributed by atoms with Crippen molar-refractivity contribution in [2.75, 3.05) is 0 Å². The van der Waals surface area contributed by atoms with E-state index < -0.39 is 11.7 Å². The van der Waals surface area contributed by atoms with Crippen molar-refractivity contribution in [2.24, 2.45) is 0 Å². The molecule has 0 unspecified atom stereocenters. The van der Waals surface area contributed by atoms with E-state index in [0.29, 0.717) is 23.7 Å². The molecule has 3 nitrogen and oxygen atoms in total. The smallest absolute Gasteiger partial charge is 0.416 e. The third kappa shape index (κ3) is 7.15. The van der Waals surface area contributed by atoms with Gasteiger partial charge in [0.2, 0.25) is 0 Å². The number of unbranched alkanes of at least 4 members (excludes halogenated alkanes) is 1. The summed E-state index contributed by atoms with van der Waals surface area (Å²) >= 11 is 0. The monoisotopic (exact) mass is 442 g/mol. The second-order valence-corrected chi connectivity index (χ2v) is 7.49. The first-order valence-corrected chi connectivity index (χ1v) is 10.6. The fourth-order valence-corrected chi connectivity index (χ4v) is 3.09. The van der Waals surface area contributed by atoms with Crippen LogP contribution in [0.4, 0.5) is 13.2 Å². The van der Waals surface area contributed by atoms with Gasteiger partial charge in [-0.3, -0.25) is 4.79 Å². The van der Waals surface area contributed by atoms with Gasteiger partial charge in [-0.15, -0.1) is 0 Å². The third-order valence-corrected chi connectivity index (χ3v) is 4.93. The number of ether oxygens (including phenoxy) is 2. The molecule has 0 saturated carbocycles. The number of benzene rings is 3. The Morgan fingerprint density at radius 3 is 1.69 bits per heavy atom. The lowest BCUT2D eigenvalue weighted by Crippen LogP contribution is -2.07. The Kier molecular flexibility index (Phi) is 7.92. The van der Waals surface area contributed by atoms with Crippen LogP contribution >= 0.6 is 0 Å². The number of carbonyl (C=O) groups is 1. The minimum absolute atomic E-state index is 0.210. The first kappa shape index (κ1) is 23.4. The number of alkyl halides is 3. The molecule has 6 heteroatoms. The predicted octanol–water partition coefficient (Wildman–Crippen LogP) is 7.38. The van der Waals surface area contributed by atoms with Crippen LogP contribution in [0.1, 0.15) is 42.9 Å². The van der Waals surface area contributed by atoms with Gasteiger partial charge in [0.1, 0.15) is 17.2 Å². The molecule has 168 valence electrons. The zero-order valence-electron chi connectivity index (χ0n) is 17.8. The van der Waals surface area contributed by atoms with Crippen molar-refractivity contribution in [1.82, 2.24) is 0 Å². The highest BCUT2D eigenvalue weighted by Gasteiger charge is 2.30. The molecule has 3 aromatic carbocycles. The number of hydrogen-bond acceptors (Lipinski definition) is 3. The molecular weight excluding hydrogens is 417 g/mol. The molecule has 32 heavy (non-hydrogen) atoms.